The summed E-state index contributed by atoms with van der Waals surface area (Å²) in [6.07, 6.45) is 1.08. The van der Waals surface area contributed by atoms with Gasteiger partial charge in [-0.25, -0.2) is 13.2 Å². The Bertz CT molecular complexity index is 856. The predicted molar refractivity (Wildman–Crippen MR) is 85.7 cm³/mol. The number of hydrogen-bond donors (Lipinski definition) is 1. The van der Waals surface area contributed by atoms with Crippen LogP contribution < -0.4 is 4.90 Å². The molecule has 0 radical (unpaired) electrons. The minimum atomic E-state index is -3.34. The first kappa shape index (κ1) is 16.7. The number of hydrogen-bond acceptors (Lipinski definition) is 4. The average molecular weight is 333 g/mol. The maximum absolute atomic E-state index is 12.5. The Morgan fingerprint density at radius 3 is 2.09 bits per heavy atom. The molecule has 0 aliphatic rings. The molecule has 0 heterocycles. The second-order valence-electron chi connectivity index (χ2n) is 4.98. The van der Waals surface area contributed by atoms with E-state index in [-0.39, 0.29) is 21.7 Å². The smallest absolute Gasteiger partial charge is 0.337 e. The monoisotopic (exact) mass is 333 g/mol. The lowest BCUT2D eigenvalue weighted by molar-refractivity contribution is 0.0697. The third kappa shape index (κ3) is 3.57. The van der Waals surface area contributed by atoms with Crippen LogP contribution in [0.3, 0.4) is 0 Å². The molecule has 2 aromatic rings. The number of carboxylic acid groups (broad SMARTS) is 1. The maximum Gasteiger partial charge on any atom is 0.337 e. The molecule has 0 unspecified atom stereocenters. The van der Waals surface area contributed by atoms with Crippen molar-refractivity contribution in [3.63, 3.8) is 0 Å². The van der Waals surface area contributed by atoms with Crippen LogP contribution in [-0.4, -0.2) is 38.7 Å². The summed E-state index contributed by atoms with van der Waals surface area (Å²) in [7, 11) is -1.87. The molecule has 2 aromatic carbocycles. The van der Waals surface area contributed by atoms with E-state index in [0.717, 1.165) is 6.26 Å². The second-order valence-corrected chi connectivity index (χ2v) is 7.00. The molecule has 0 aliphatic carbocycles. The quantitative estimate of drug-likeness (QED) is 0.925. The molecule has 7 heteroatoms. The Kier molecular flexibility index (Phi) is 4.51. The number of carbonyl (C=O) groups is 2. The van der Waals surface area contributed by atoms with E-state index in [2.05, 4.69) is 0 Å². The highest BCUT2D eigenvalue weighted by Crippen LogP contribution is 2.21. The van der Waals surface area contributed by atoms with Gasteiger partial charge in [0.2, 0.25) is 0 Å². The van der Waals surface area contributed by atoms with Gasteiger partial charge in [0, 0.05) is 18.9 Å². The van der Waals surface area contributed by atoms with Crippen LogP contribution in [0, 0.1) is 0 Å². The molecule has 0 atom stereocenters. The first-order valence-corrected chi connectivity index (χ1v) is 8.51. The van der Waals surface area contributed by atoms with E-state index < -0.39 is 21.7 Å². The zero-order chi connectivity index (χ0) is 17.2. The van der Waals surface area contributed by atoms with E-state index in [4.69, 9.17) is 0 Å². The Labute approximate surface area is 133 Å². The van der Waals surface area contributed by atoms with Crippen molar-refractivity contribution in [1.29, 1.82) is 0 Å². The van der Waals surface area contributed by atoms with E-state index in [1.807, 2.05) is 0 Å². The molecule has 6 nitrogen and oxygen atoms in total. The average Bonchev–Trinajstić information content (AvgIpc) is 2.52. The van der Waals surface area contributed by atoms with Gasteiger partial charge in [-0.1, -0.05) is 12.1 Å². The molecule has 0 aliphatic heterocycles. The summed E-state index contributed by atoms with van der Waals surface area (Å²) in [4.78, 5) is 25.0. The van der Waals surface area contributed by atoms with Crippen molar-refractivity contribution in [2.75, 3.05) is 18.2 Å². The minimum Gasteiger partial charge on any atom is -0.478 e. The molecule has 0 saturated carbocycles. The van der Waals surface area contributed by atoms with Gasteiger partial charge in [0.15, 0.2) is 9.84 Å². The van der Waals surface area contributed by atoms with Gasteiger partial charge in [-0.3, -0.25) is 4.79 Å². The fourth-order valence-electron chi connectivity index (χ4n) is 2.09. The Morgan fingerprint density at radius 1 is 1.00 bits per heavy atom. The number of amides is 1. The zero-order valence-electron chi connectivity index (χ0n) is 12.6. The molecule has 0 saturated heterocycles. The summed E-state index contributed by atoms with van der Waals surface area (Å²) in [5, 5.41) is 9.19. The van der Waals surface area contributed by atoms with Crippen molar-refractivity contribution in [3.05, 3.63) is 59.7 Å². The number of carboxylic acids is 1. The second kappa shape index (κ2) is 6.21. The Balaban J connectivity index is 2.36. The summed E-state index contributed by atoms with van der Waals surface area (Å²) in [5.74, 6) is -1.56. The van der Waals surface area contributed by atoms with Crippen molar-refractivity contribution in [2.24, 2.45) is 0 Å². The molecule has 2 rings (SSSR count). The summed E-state index contributed by atoms with van der Waals surface area (Å²) < 4.78 is 22.9. The lowest BCUT2D eigenvalue weighted by Crippen LogP contribution is -2.27. The highest BCUT2D eigenvalue weighted by Gasteiger charge is 2.19. The predicted octanol–water partition coefficient (Wildman–Crippen LogP) is 2.06. The summed E-state index contributed by atoms with van der Waals surface area (Å²) in [6, 6.07) is 11.7. The molecular formula is C16H15NO5S. The lowest BCUT2D eigenvalue weighted by atomic mass is 10.1. The largest absolute Gasteiger partial charge is 0.478 e. The van der Waals surface area contributed by atoms with Crippen LogP contribution in [0.4, 0.5) is 5.69 Å². The van der Waals surface area contributed by atoms with Crippen LogP contribution in [0.15, 0.2) is 53.4 Å². The van der Waals surface area contributed by atoms with Crippen molar-refractivity contribution < 1.29 is 23.1 Å². The number of nitrogens with zero attached hydrogens (tertiary/aromatic N) is 1. The normalized spacial score (nSPS) is 11.0. The van der Waals surface area contributed by atoms with Gasteiger partial charge in [0.05, 0.1) is 16.1 Å². The molecular weight excluding hydrogens is 318 g/mol. The van der Waals surface area contributed by atoms with Gasteiger partial charge in [-0.2, -0.15) is 0 Å². The van der Waals surface area contributed by atoms with Crippen LogP contribution in [0.25, 0.3) is 0 Å². The summed E-state index contributed by atoms with van der Waals surface area (Å²) in [6.45, 7) is 0. The van der Waals surface area contributed by atoms with Gasteiger partial charge in [-0.15, -0.1) is 0 Å². The number of rotatable bonds is 4. The van der Waals surface area contributed by atoms with Gasteiger partial charge < -0.3 is 10.0 Å². The van der Waals surface area contributed by atoms with Crippen LogP contribution in [-0.2, 0) is 9.84 Å². The fraction of sp³-hybridized carbons (Fsp3) is 0.125. The van der Waals surface area contributed by atoms with Crippen molar-refractivity contribution in [3.8, 4) is 0 Å². The molecule has 120 valence electrons. The summed E-state index contributed by atoms with van der Waals surface area (Å²) >= 11 is 0. The van der Waals surface area contributed by atoms with Crippen LogP contribution in [0.1, 0.15) is 20.7 Å². The van der Waals surface area contributed by atoms with E-state index in [9.17, 15) is 23.1 Å². The highest BCUT2D eigenvalue weighted by molar-refractivity contribution is 7.90. The third-order valence-electron chi connectivity index (χ3n) is 3.33. The van der Waals surface area contributed by atoms with Crippen LogP contribution in [0.2, 0.25) is 0 Å². The number of anilines is 1. The number of sulfone groups is 1. The number of aromatic carboxylic acids is 1. The Hall–Kier alpha value is -2.67. The number of para-hydroxylation sites is 1. The molecule has 0 aromatic heterocycles. The standard InChI is InChI=1S/C16H15NO5S/c1-17(14-6-4-3-5-13(14)16(19)20)15(18)11-7-9-12(10-8-11)23(2,21)22/h3-10H,1-2H3,(H,19,20). The van der Waals surface area contributed by atoms with E-state index in [1.165, 1.54) is 48.3 Å². The highest BCUT2D eigenvalue weighted by atomic mass is 32.2. The molecule has 0 spiro atoms. The van der Waals surface area contributed by atoms with Crippen molar-refractivity contribution >= 4 is 27.4 Å². The summed E-state index contributed by atoms with van der Waals surface area (Å²) in [5.41, 5.74) is 0.536. The maximum atomic E-state index is 12.5. The van der Waals surface area contributed by atoms with Crippen molar-refractivity contribution in [2.45, 2.75) is 4.90 Å². The Morgan fingerprint density at radius 2 is 1.57 bits per heavy atom. The topological polar surface area (TPSA) is 91.8 Å². The molecule has 0 bridgehead atoms. The molecule has 1 N–H and O–H groups in total. The lowest BCUT2D eigenvalue weighted by Gasteiger charge is -2.19. The molecule has 23 heavy (non-hydrogen) atoms. The SMILES string of the molecule is CN(C(=O)c1ccc(S(C)(=O)=O)cc1)c1ccccc1C(=O)O. The van der Waals surface area contributed by atoms with Gasteiger partial charge in [0.25, 0.3) is 5.91 Å². The third-order valence-corrected chi connectivity index (χ3v) is 4.46. The molecule has 0 fully saturated rings. The fourth-order valence-corrected chi connectivity index (χ4v) is 2.73. The van der Waals surface area contributed by atoms with Gasteiger partial charge in [-0.05, 0) is 36.4 Å². The first-order chi connectivity index (χ1) is 10.7. The first-order valence-electron chi connectivity index (χ1n) is 6.62. The van der Waals surface area contributed by atoms with Gasteiger partial charge in [0.1, 0.15) is 0 Å². The van der Waals surface area contributed by atoms with Crippen molar-refractivity contribution in [1.82, 2.24) is 0 Å². The van der Waals surface area contributed by atoms with Crippen LogP contribution >= 0.6 is 0 Å². The van der Waals surface area contributed by atoms with Gasteiger partial charge >= 0.3 is 5.97 Å². The van der Waals surface area contributed by atoms with E-state index in [1.54, 1.807) is 12.1 Å². The zero-order valence-corrected chi connectivity index (χ0v) is 13.4. The van der Waals surface area contributed by atoms with Crippen LogP contribution in [0.5, 0.6) is 0 Å². The minimum absolute atomic E-state index is 0.0103. The van der Waals surface area contributed by atoms with E-state index >= 15 is 0 Å². The number of benzene rings is 2. The number of carbonyl (C=O) groups excluding carboxylic acids is 1. The molecule has 1 amide bonds. The van der Waals surface area contributed by atoms with E-state index in [0.29, 0.717) is 0 Å².